The fraction of sp³-hybridized carbons (Fsp3) is 0.214. The molecule has 1 heterocycles. The third-order valence-corrected chi connectivity index (χ3v) is 2.71. The van der Waals surface area contributed by atoms with Crippen LogP contribution in [0.15, 0.2) is 54.9 Å². The average Bonchev–Trinajstić information content (AvgIpc) is 2.31. The Kier molecular flexibility index (Phi) is 3.32. The van der Waals surface area contributed by atoms with Crippen LogP contribution >= 0.6 is 0 Å². The number of nitrogens with zero attached hydrogens (tertiary/aromatic N) is 1. The van der Waals surface area contributed by atoms with Crippen LogP contribution in [0.3, 0.4) is 0 Å². The Morgan fingerprint density at radius 1 is 1.06 bits per heavy atom. The first-order chi connectivity index (χ1) is 7.77. The van der Waals surface area contributed by atoms with Crippen LogP contribution in [-0.2, 0) is 6.54 Å². The van der Waals surface area contributed by atoms with Gasteiger partial charge in [0.25, 0.3) is 0 Å². The lowest BCUT2D eigenvalue weighted by Crippen LogP contribution is -2.35. The van der Waals surface area contributed by atoms with Crippen LogP contribution in [0.4, 0.5) is 0 Å². The van der Waals surface area contributed by atoms with Gasteiger partial charge in [-0.05, 0) is 18.1 Å². The van der Waals surface area contributed by atoms with Crippen LogP contribution in [0.5, 0.6) is 0 Å². The van der Waals surface area contributed by atoms with Crippen molar-refractivity contribution in [2.24, 2.45) is 0 Å². The first-order valence-electron chi connectivity index (χ1n) is 5.45. The summed E-state index contributed by atoms with van der Waals surface area (Å²) in [5.74, 6) is 0. The Morgan fingerprint density at radius 2 is 1.75 bits per heavy atom. The van der Waals surface area contributed by atoms with Crippen LogP contribution in [0.25, 0.3) is 0 Å². The van der Waals surface area contributed by atoms with Gasteiger partial charge in [-0.3, -0.25) is 0 Å². The van der Waals surface area contributed by atoms with Crippen LogP contribution in [0.2, 0.25) is 0 Å². The molecule has 0 radical (unpaired) electrons. The summed E-state index contributed by atoms with van der Waals surface area (Å²) < 4.78 is 1.98. The van der Waals surface area contributed by atoms with E-state index in [1.165, 1.54) is 0 Å². The molecule has 1 atom stereocenters. The number of hydrogen-bond donors (Lipinski definition) is 1. The average molecular weight is 214 g/mol. The summed E-state index contributed by atoms with van der Waals surface area (Å²) >= 11 is 0. The third kappa shape index (κ3) is 2.47. The van der Waals surface area contributed by atoms with Crippen molar-refractivity contribution in [1.82, 2.24) is 0 Å². The standard InChI is InChI=1S/C14H16NO/c1-12-7-3-4-8-13(12)14(16)11-15-9-5-2-6-10-15/h2-10,14,16H,11H2,1H3/q+1. The summed E-state index contributed by atoms with van der Waals surface area (Å²) in [5.41, 5.74) is 2.13. The predicted octanol–water partition coefficient (Wildman–Crippen LogP) is 2.02. The molecule has 0 fully saturated rings. The molecule has 1 N–H and O–H groups in total. The maximum absolute atomic E-state index is 10.1. The molecule has 2 aromatic rings. The quantitative estimate of drug-likeness (QED) is 0.776. The van der Waals surface area contributed by atoms with Crippen LogP contribution in [0, 0.1) is 6.92 Å². The van der Waals surface area contributed by atoms with Crippen molar-refractivity contribution in [2.45, 2.75) is 19.6 Å². The molecule has 16 heavy (non-hydrogen) atoms. The largest absolute Gasteiger partial charge is 0.382 e. The van der Waals surface area contributed by atoms with Gasteiger partial charge in [0, 0.05) is 12.1 Å². The topological polar surface area (TPSA) is 24.1 Å². The van der Waals surface area contributed by atoms with Crippen molar-refractivity contribution in [3.8, 4) is 0 Å². The van der Waals surface area contributed by atoms with Gasteiger partial charge in [0.05, 0.1) is 0 Å². The van der Waals surface area contributed by atoms with Crippen molar-refractivity contribution in [2.75, 3.05) is 0 Å². The number of aromatic nitrogens is 1. The second kappa shape index (κ2) is 4.90. The number of hydrogen-bond acceptors (Lipinski definition) is 1. The van der Waals surface area contributed by atoms with Gasteiger partial charge in [-0.25, -0.2) is 4.57 Å². The molecule has 0 aliphatic heterocycles. The predicted molar refractivity (Wildman–Crippen MR) is 62.8 cm³/mol. The van der Waals surface area contributed by atoms with Crippen molar-refractivity contribution in [3.05, 3.63) is 66.0 Å². The highest BCUT2D eigenvalue weighted by molar-refractivity contribution is 5.27. The van der Waals surface area contributed by atoms with Crippen molar-refractivity contribution in [1.29, 1.82) is 0 Å². The number of benzene rings is 1. The minimum atomic E-state index is -0.450. The summed E-state index contributed by atoms with van der Waals surface area (Å²) in [6.07, 6.45) is 3.47. The maximum atomic E-state index is 10.1. The minimum Gasteiger partial charge on any atom is -0.382 e. The summed E-state index contributed by atoms with van der Waals surface area (Å²) in [6, 6.07) is 13.8. The van der Waals surface area contributed by atoms with Crippen LogP contribution in [-0.4, -0.2) is 5.11 Å². The Morgan fingerprint density at radius 3 is 2.44 bits per heavy atom. The number of aliphatic hydroxyl groups excluding tert-OH is 1. The van der Waals surface area contributed by atoms with E-state index in [1.807, 2.05) is 66.3 Å². The van der Waals surface area contributed by atoms with Gasteiger partial charge in [0.15, 0.2) is 18.9 Å². The monoisotopic (exact) mass is 214 g/mol. The molecule has 2 nitrogen and oxygen atoms in total. The molecule has 0 saturated carbocycles. The van der Waals surface area contributed by atoms with E-state index >= 15 is 0 Å². The highest BCUT2D eigenvalue weighted by Crippen LogP contribution is 2.16. The zero-order chi connectivity index (χ0) is 11.4. The molecule has 0 saturated heterocycles. The molecule has 0 bridgehead atoms. The highest BCUT2D eigenvalue weighted by atomic mass is 16.3. The molecular formula is C14H16NO+. The van der Waals surface area contributed by atoms with Crippen molar-refractivity contribution in [3.63, 3.8) is 0 Å². The molecule has 0 spiro atoms. The first-order valence-corrected chi connectivity index (χ1v) is 5.45. The van der Waals surface area contributed by atoms with E-state index in [1.54, 1.807) is 0 Å². The molecule has 0 aliphatic rings. The lowest BCUT2D eigenvalue weighted by molar-refractivity contribution is -0.704. The molecule has 1 aromatic carbocycles. The summed E-state index contributed by atoms with van der Waals surface area (Å²) in [7, 11) is 0. The lowest BCUT2D eigenvalue weighted by atomic mass is 10.0. The van der Waals surface area contributed by atoms with E-state index in [4.69, 9.17) is 0 Å². The number of aryl methyl sites for hydroxylation is 1. The smallest absolute Gasteiger partial charge is 0.178 e. The zero-order valence-corrected chi connectivity index (χ0v) is 9.38. The van der Waals surface area contributed by atoms with E-state index in [0.717, 1.165) is 11.1 Å². The normalized spacial score (nSPS) is 12.4. The first kappa shape index (κ1) is 10.8. The fourth-order valence-corrected chi connectivity index (χ4v) is 1.81. The number of rotatable bonds is 3. The van der Waals surface area contributed by atoms with Gasteiger partial charge >= 0.3 is 0 Å². The second-order valence-electron chi connectivity index (χ2n) is 3.94. The van der Waals surface area contributed by atoms with Crippen LogP contribution in [0.1, 0.15) is 17.2 Å². The van der Waals surface area contributed by atoms with E-state index in [-0.39, 0.29) is 0 Å². The van der Waals surface area contributed by atoms with Crippen molar-refractivity contribution >= 4 is 0 Å². The Balaban J connectivity index is 2.15. The van der Waals surface area contributed by atoms with E-state index in [9.17, 15) is 5.11 Å². The SMILES string of the molecule is Cc1ccccc1C(O)C[n+]1ccccc1. The molecule has 82 valence electrons. The van der Waals surface area contributed by atoms with E-state index < -0.39 is 6.10 Å². The van der Waals surface area contributed by atoms with E-state index in [0.29, 0.717) is 6.54 Å². The van der Waals surface area contributed by atoms with Gasteiger partial charge in [-0.15, -0.1) is 0 Å². The number of pyridine rings is 1. The molecule has 2 heteroatoms. The van der Waals surface area contributed by atoms with Gasteiger partial charge < -0.3 is 5.11 Å². The van der Waals surface area contributed by atoms with Gasteiger partial charge in [-0.1, -0.05) is 30.3 Å². The molecule has 0 amide bonds. The lowest BCUT2D eigenvalue weighted by Gasteiger charge is -2.10. The highest BCUT2D eigenvalue weighted by Gasteiger charge is 2.14. The minimum absolute atomic E-state index is 0.450. The Bertz CT molecular complexity index is 453. The second-order valence-corrected chi connectivity index (χ2v) is 3.94. The summed E-state index contributed by atoms with van der Waals surface area (Å²) in [5, 5.41) is 10.1. The summed E-state index contributed by atoms with van der Waals surface area (Å²) in [6.45, 7) is 2.61. The summed E-state index contributed by atoms with van der Waals surface area (Å²) in [4.78, 5) is 0. The Labute approximate surface area is 95.8 Å². The van der Waals surface area contributed by atoms with E-state index in [2.05, 4.69) is 0 Å². The van der Waals surface area contributed by atoms with Crippen LogP contribution < -0.4 is 4.57 Å². The zero-order valence-electron chi connectivity index (χ0n) is 9.38. The van der Waals surface area contributed by atoms with Crippen molar-refractivity contribution < 1.29 is 9.67 Å². The molecule has 1 aromatic heterocycles. The maximum Gasteiger partial charge on any atom is 0.178 e. The van der Waals surface area contributed by atoms with Gasteiger partial charge in [0.2, 0.25) is 0 Å². The third-order valence-electron chi connectivity index (χ3n) is 2.71. The fourth-order valence-electron chi connectivity index (χ4n) is 1.81. The Hall–Kier alpha value is -1.67. The number of aliphatic hydroxyl groups is 1. The molecule has 0 aliphatic carbocycles. The molecular weight excluding hydrogens is 198 g/mol. The van der Waals surface area contributed by atoms with Gasteiger partial charge in [-0.2, -0.15) is 0 Å². The molecule has 1 unspecified atom stereocenters. The molecule has 2 rings (SSSR count). The van der Waals surface area contributed by atoms with Gasteiger partial charge in [0.1, 0.15) is 6.10 Å².